The largest absolute Gasteiger partial charge is 0.487 e. The van der Waals surface area contributed by atoms with Crippen LogP contribution in [0.3, 0.4) is 0 Å². The van der Waals surface area contributed by atoms with Crippen LogP contribution in [0.2, 0.25) is 0 Å². The molecular weight excluding hydrogens is 244 g/mol. The maximum atomic E-state index is 12.5. The summed E-state index contributed by atoms with van der Waals surface area (Å²) in [4.78, 5) is 10.5. The van der Waals surface area contributed by atoms with Gasteiger partial charge in [0.25, 0.3) is 0 Å². The van der Waals surface area contributed by atoms with Gasteiger partial charge in [-0.3, -0.25) is 0 Å². The number of aromatic carboxylic acids is 1. The number of carbonyl (C=O) groups is 1. The number of benzene rings is 1. The van der Waals surface area contributed by atoms with E-state index in [2.05, 4.69) is 4.74 Å². The molecular formula is C10H8F4O3. The fourth-order valence-electron chi connectivity index (χ4n) is 0.961. The van der Waals surface area contributed by atoms with E-state index in [1.807, 2.05) is 0 Å². The molecule has 1 aromatic carbocycles. The van der Waals surface area contributed by atoms with Crippen molar-refractivity contribution in [2.24, 2.45) is 0 Å². The molecule has 0 aromatic heterocycles. The molecule has 1 N–H and O–H groups in total. The molecule has 94 valence electrons. The van der Waals surface area contributed by atoms with E-state index in [9.17, 15) is 22.4 Å². The summed E-state index contributed by atoms with van der Waals surface area (Å²) >= 11 is 0. The summed E-state index contributed by atoms with van der Waals surface area (Å²) < 4.78 is 53.0. The summed E-state index contributed by atoms with van der Waals surface area (Å²) in [6, 6.07) is 4.66. The van der Waals surface area contributed by atoms with Crippen LogP contribution in [-0.4, -0.2) is 30.0 Å². The number of carboxylic acids is 1. The van der Waals surface area contributed by atoms with Gasteiger partial charge < -0.3 is 9.84 Å². The maximum absolute atomic E-state index is 12.5. The fourth-order valence-corrected chi connectivity index (χ4v) is 0.961. The third-order valence-electron chi connectivity index (χ3n) is 1.83. The lowest BCUT2D eigenvalue weighted by Crippen LogP contribution is -2.33. The molecule has 0 spiro atoms. The van der Waals surface area contributed by atoms with Gasteiger partial charge in [-0.25, -0.2) is 13.6 Å². The summed E-state index contributed by atoms with van der Waals surface area (Å²) in [5.41, 5.74) is -0.178. The van der Waals surface area contributed by atoms with Crippen LogP contribution in [0.1, 0.15) is 10.4 Å². The lowest BCUT2D eigenvalue weighted by molar-refractivity contribution is -0.148. The van der Waals surface area contributed by atoms with Gasteiger partial charge in [0.15, 0.2) is 6.61 Å². The van der Waals surface area contributed by atoms with Gasteiger partial charge in [0.1, 0.15) is 5.75 Å². The highest BCUT2D eigenvalue weighted by Gasteiger charge is 2.41. The van der Waals surface area contributed by atoms with Crippen molar-refractivity contribution >= 4 is 5.97 Å². The summed E-state index contributed by atoms with van der Waals surface area (Å²) in [5.74, 6) is -5.74. The molecule has 0 heterocycles. The van der Waals surface area contributed by atoms with Crippen molar-refractivity contribution in [1.82, 2.24) is 0 Å². The van der Waals surface area contributed by atoms with Crippen LogP contribution in [-0.2, 0) is 0 Å². The highest BCUT2D eigenvalue weighted by molar-refractivity contribution is 5.87. The Morgan fingerprint density at radius 1 is 1.41 bits per heavy atom. The van der Waals surface area contributed by atoms with E-state index in [1.165, 1.54) is 18.2 Å². The van der Waals surface area contributed by atoms with Crippen molar-refractivity contribution in [1.29, 1.82) is 0 Å². The molecule has 1 rings (SSSR count). The molecule has 0 fully saturated rings. The molecule has 0 aliphatic carbocycles. The van der Waals surface area contributed by atoms with Gasteiger partial charge in [0.2, 0.25) is 0 Å². The van der Waals surface area contributed by atoms with Crippen LogP contribution in [0, 0.1) is 0 Å². The molecule has 0 bridgehead atoms. The molecule has 0 aliphatic rings. The van der Waals surface area contributed by atoms with Crippen LogP contribution in [0.15, 0.2) is 24.3 Å². The molecule has 17 heavy (non-hydrogen) atoms. The van der Waals surface area contributed by atoms with Gasteiger partial charge in [-0.05, 0) is 18.2 Å². The van der Waals surface area contributed by atoms with Crippen molar-refractivity contribution in [3.05, 3.63) is 29.8 Å². The zero-order chi connectivity index (χ0) is 13.1. The highest BCUT2D eigenvalue weighted by atomic mass is 19.3. The van der Waals surface area contributed by atoms with Crippen molar-refractivity contribution < 1.29 is 32.2 Å². The second-order valence-electron chi connectivity index (χ2n) is 3.18. The lowest BCUT2D eigenvalue weighted by Gasteiger charge is -2.15. The number of rotatable bonds is 5. The number of hydrogen-bond acceptors (Lipinski definition) is 2. The Morgan fingerprint density at radius 2 is 2.06 bits per heavy atom. The first-order chi connectivity index (χ1) is 7.83. The Labute approximate surface area is 93.6 Å². The highest BCUT2D eigenvalue weighted by Crippen LogP contribution is 2.24. The van der Waals surface area contributed by atoms with Crippen LogP contribution in [0.5, 0.6) is 5.75 Å². The van der Waals surface area contributed by atoms with Crippen molar-refractivity contribution in [3.8, 4) is 5.75 Å². The van der Waals surface area contributed by atoms with E-state index < -0.39 is 24.9 Å². The zero-order valence-electron chi connectivity index (χ0n) is 8.37. The fraction of sp³-hybridized carbons (Fsp3) is 0.300. The Hall–Kier alpha value is -1.79. The van der Waals surface area contributed by atoms with Gasteiger partial charge in [-0.2, -0.15) is 8.78 Å². The second kappa shape index (κ2) is 5.03. The quantitative estimate of drug-likeness (QED) is 0.819. The Morgan fingerprint density at radius 3 is 2.59 bits per heavy atom. The lowest BCUT2D eigenvalue weighted by atomic mass is 10.2. The van der Waals surface area contributed by atoms with Gasteiger partial charge in [-0.1, -0.05) is 6.07 Å². The Balaban J connectivity index is 2.70. The van der Waals surface area contributed by atoms with Gasteiger partial charge in [-0.15, -0.1) is 0 Å². The first kappa shape index (κ1) is 13.3. The average Bonchev–Trinajstić information content (AvgIpc) is 2.26. The minimum Gasteiger partial charge on any atom is -0.487 e. The minimum atomic E-state index is -4.26. The average molecular weight is 252 g/mol. The molecule has 0 radical (unpaired) electrons. The summed E-state index contributed by atoms with van der Waals surface area (Å²) in [5, 5.41) is 8.60. The van der Waals surface area contributed by atoms with E-state index in [0.717, 1.165) is 6.07 Å². The van der Waals surface area contributed by atoms with Crippen molar-refractivity contribution in [3.63, 3.8) is 0 Å². The van der Waals surface area contributed by atoms with E-state index in [-0.39, 0.29) is 11.3 Å². The molecule has 7 heteroatoms. The molecule has 1 aromatic rings. The summed E-state index contributed by atoms with van der Waals surface area (Å²) in [7, 11) is 0. The molecule has 0 aliphatic heterocycles. The molecule has 0 saturated carbocycles. The van der Waals surface area contributed by atoms with Crippen LogP contribution < -0.4 is 4.74 Å². The van der Waals surface area contributed by atoms with Crippen LogP contribution in [0.25, 0.3) is 0 Å². The second-order valence-corrected chi connectivity index (χ2v) is 3.18. The van der Waals surface area contributed by atoms with E-state index in [1.54, 1.807) is 0 Å². The van der Waals surface area contributed by atoms with Gasteiger partial charge >= 0.3 is 18.3 Å². The van der Waals surface area contributed by atoms with E-state index in [0.29, 0.717) is 0 Å². The molecule has 0 unspecified atom stereocenters. The monoisotopic (exact) mass is 252 g/mol. The molecule has 0 atom stereocenters. The SMILES string of the molecule is O=C(O)c1cccc(OCC(F)(F)C(F)F)c1. The first-order valence-electron chi connectivity index (χ1n) is 4.45. The summed E-state index contributed by atoms with van der Waals surface area (Å²) in [6.45, 7) is -1.51. The predicted molar refractivity (Wildman–Crippen MR) is 49.8 cm³/mol. The van der Waals surface area contributed by atoms with E-state index >= 15 is 0 Å². The number of alkyl halides is 4. The van der Waals surface area contributed by atoms with Gasteiger partial charge in [0.05, 0.1) is 5.56 Å². The van der Waals surface area contributed by atoms with Crippen molar-refractivity contribution in [2.45, 2.75) is 12.3 Å². The standard InChI is InChI=1S/C10H8F4O3/c11-9(12)10(13,14)5-17-7-3-1-2-6(4-7)8(15)16/h1-4,9H,5H2,(H,15,16). The normalized spacial score (nSPS) is 11.6. The minimum absolute atomic E-state index is 0.178. The summed E-state index contributed by atoms with van der Waals surface area (Å²) in [6.07, 6.45) is -3.83. The van der Waals surface area contributed by atoms with Gasteiger partial charge in [0, 0.05) is 0 Å². The zero-order valence-corrected chi connectivity index (χ0v) is 8.37. The number of halogens is 4. The third-order valence-corrected chi connectivity index (χ3v) is 1.83. The Kier molecular flexibility index (Phi) is 3.93. The number of hydrogen-bond donors (Lipinski definition) is 1. The molecule has 0 saturated heterocycles. The smallest absolute Gasteiger partial charge is 0.340 e. The predicted octanol–water partition coefficient (Wildman–Crippen LogP) is 2.66. The topological polar surface area (TPSA) is 46.5 Å². The van der Waals surface area contributed by atoms with Crippen molar-refractivity contribution in [2.75, 3.05) is 6.61 Å². The third kappa shape index (κ3) is 3.61. The number of ether oxygens (including phenoxy) is 1. The van der Waals surface area contributed by atoms with Crippen LogP contribution >= 0.6 is 0 Å². The van der Waals surface area contributed by atoms with E-state index in [4.69, 9.17) is 5.11 Å². The maximum Gasteiger partial charge on any atom is 0.340 e. The number of carboxylic acid groups (broad SMARTS) is 1. The first-order valence-corrected chi connectivity index (χ1v) is 4.45. The van der Waals surface area contributed by atoms with Crippen LogP contribution in [0.4, 0.5) is 17.6 Å². The Bertz CT molecular complexity index is 406. The molecule has 3 nitrogen and oxygen atoms in total. The molecule has 0 amide bonds.